The van der Waals surface area contributed by atoms with E-state index in [2.05, 4.69) is 5.32 Å². The number of hydrogen-bond acceptors (Lipinski definition) is 7. The van der Waals surface area contributed by atoms with Crippen molar-refractivity contribution >= 4 is 34.2 Å². The Hall–Kier alpha value is -2.87. The second-order valence-corrected chi connectivity index (χ2v) is 7.12. The lowest BCUT2D eigenvalue weighted by atomic mass is 10.2. The lowest BCUT2D eigenvalue weighted by molar-refractivity contribution is -0.153. The Morgan fingerprint density at radius 2 is 1.79 bits per heavy atom. The first-order chi connectivity index (χ1) is 13.3. The van der Waals surface area contributed by atoms with Gasteiger partial charge in [0.1, 0.15) is 10.6 Å². The van der Waals surface area contributed by atoms with E-state index in [-0.39, 0.29) is 6.61 Å². The van der Waals surface area contributed by atoms with Crippen molar-refractivity contribution < 1.29 is 28.6 Å². The Bertz CT molecular complexity index is 843. The standard InChI is InChI=1S/C20H23NO6S/c1-5-25-20(24)18-13(3)10-17(28-18)21-16(22)11-26-19(23)14(4)27-15-8-6-12(2)7-9-15/h6-10,14H,5,11H2,1-4H3,(H,21,22). The van der Waals surface area contributed by atoms with Gasteiger partial charge in [-0.05, 0) is 51.5 Å². The summed E-state index contributed by atoms with van der Waals surface area (Å²) in [7, 11) is 0. The molecule has 0 saturated carbocycles. The zero-order valence-corrected chi connectivity index (χ0v) is 17.1. The minimum absolute atomic E-state index is 0.274. The number of esters is 2. The highest BCUT2D eigenvalue weighted by molar-refractivity contribution is 7.18. The summed E-state index contributed by atoms with van der Waals surface area (Å²) in [6.45, 7) is 6.80. The Kier molecular flexibility index (Phi) is 7.57. The Morgan fingerprint density at radius 3 is 2.43 bits per heavy atom. The number of nitrogens with one attached hydrogen (secondary N) is 1. The second kappa shape index (κ2) is 9.89. The van der Waals surface area contributed by atoms with Crippen LogP contribution in [0, 0.1) is 13.8 Å². The third-order valence-electron chi connectivity index (χ3n) is 3.65. The average molecular weight is 405 g/mol. The van der Waals surface area contributed by atoms with Crippen LogP contribution in [0.2, 0.25) is 0 Å². The van der Waals surface area contributed by atoms with E-state index in [1.54, 1.807) is 39.0 Å². The highest BCUT2D eigenvalue weighted by Crippen LogP contribution is 2.27. The highest BCUT2D eigenvalue weighted by Gasteiger charge is 2.19. The van der Waals surface area contributed by atoms with Gasteiger partial charge in [-0.25, -0.2) is 9.59 Å². The summed E-state index contributed by atoms with van der Waals surface area (Å²) in [5, 5.41) is 3.08. The SMILES string of the molecule is CCOC(=O)c1sc(NC(=O)COC(=O)C(C)Oc2ccc(C)cc2)cc1C. The summed E-state index contributed by atoms with van der Waals surface area (Å²) in [5.74, 6) is -1.04. The molecule has 0 saturated heterocycles. The summed E-state index contributed by atoms with van der Waals surface area (Å²) in [5.41, 5.74) is 1.78. The first kappa shape index (κ1) is 21.4. The van der Waals surface area contributed by atoms with Gasteiger partial charge in [-0.15, -0.1) is 11.3 Å². The van der Waals surface area contributed by atoms with Gasteiger partial charge in [0.2, 0.25) is 0 Å². The molecule has 1 N–H and O–H groups in total. The number of thiophene rings is 1. The van der Waals surface area contributed by atoms with Crippen molar-refractivity contribution in [2.75, 3.05) is 18.5 Å². The maximum atomic E-state index is 12.0. The predicted octanol–water partition coefficient (Wildman–Crippen LogP) is 3.49. The van der Waals surface area contributed by atoms with E-state index in [1.165, 1.54) is 0 Å². The van der Waals surface area contributed by atoms with Gasteiger partial charge in [0.15, 0.2) is 12.7 Å². The van der Waals surface area contributed by atoms with Crippen LogP contribution in [0.3, 0.4) is 0 Å². The third kappa shape index (κ3) is 6.09. The number of ether oxygens (including phenoxy) is 3. The minimum Gasteiger partial charge on any atom is -0.479 e. The van der Waals surface area contributed by atoms with Gasteiger partial charge in [0.25, 0.3) is 5.91 Å². The van der Waals surface area contributed by atoms with E-state index in [0.717, 1.165) is 16.9 Å². The summed E-state index contributed by atoms with van der Waals surface area (Å²) in [6.07, 6.45) is -0.852. The zero-order valence-electron chi connectivity index (χ0n) is 16.2. The van der Waals surface area contributed by atoms with E-state index in [0.29, 0.717) is 21.2 Å². The fourth-order valence-electron chi connectivity index (χ4n) is 2.24. The van der Waals surface area contributed by atoms with Gasteiger partial charge in [0, 0.05) is 0 Å². The van der Waals surface area contributed by atoms with Gasteiger partial charge in [-0.2, -0.15) is 0 Å². The predicted molar refractivity (Wildman–Crippen MR) is 106 cm³/mol. The monoisotopic (exact) mass is 405 g/mol. The van der Waals surface area contributed by atoms with E-state index in [1.807, 2.05) is 19.1 Å². The van der Waals surface area contributed by atoms with Gasteiger partial charge in [-0.1, -0.05) is 17.7 Å². The van der Waals surface area contributed by atoms with E-state index >= 15 is 0 Å². The summed E-state index contributed by atoms with van der Waals surface area (Å²) >= 11 is 1.11. The number of benzene rings is 1. The highest BCUT2D eigenvalue weighted by atomic mass is 32.1. The number of amides is 1. The molecule has 0 aliphatic rings. The molecule has 1 atom stereocenters. The largest absolute Gasteiger partial charge is 0.479 e. The Balaban J connectivity index is 1.83. The van der Waals surface area contributed by atoms with Crippen LogP contribution in [-0.4, -0.2) is 37.2 Å². The number of rotatable bonds is 8. The first-order valence-corrected chi connectivity index (χ1v) is 9.59. The van der Waals surface area contributed by atoms with Crippen LogP contribution in [0.25, 0.3) is 0 Å². The summed E-state index contributed by atoms with van der Waals surface area (Å²) in [4.78, 5) is 36.3. The average Bonchev–Trinajstić information content (AvgIpc) is 3.02. The van der Waals surface area contributed by atoms with Gasteiger partial charge in [0.05, 0.1) is 11.6 Å². The molecular weight excluding hydrogens is 382 g/mol. The number of aryl methyl sites for hydroxylation is 2. The van der Waals surface area contributed by atoms with Crippen LogP contribution in [-0.2, 0) is 19.1 Å². The molecule has 0 spiro atoms. The van der Waals surface area contributed by atoms with Crippen LogP contribution in [0.5, 0.6) is 5.75 Å². The molecule has 1 amide bonds. The quantitative estimate of drug-likeness (QED) is 0.676. The van der Waals surface area contributed by atoms with E-state index in [9.17, 15) is 14.4 Å². The number of anilines is 1. The second-order valence-electron chi connectivity index (χ2n) is 6.07. The molecular formula is C20H23NO6S. The molecule has 1 aromatic heterocycles. The van der Waals surface area contributed by atoms with Crippen LogP contribution in [0.4, 0.5) is 5.00 Å². The molecule has 0 bridgehead atoms. The molecule has 0 aliphatic heterocycles. The fraction of sp³-hybridized carbons (Fsp3) is 0.350. The minimum atomic E-state index is -0.852. The van der Waals surface area contributed by atoms with Gasteiger partial charge in [-0.3, -0.25) is 4.79 Å². The van der Waals surface area contributed by atoms with Crippen molar-refractivity contribution in [2.24, 2.45) is 0 Å². The smallest absolute Gasteiger partial charge is 0.348 e. The van der Waals surface area contributed by atoms with Crippen molar-refractivity contribution in [1.82, 2.24) is 0 Å². The molecule has 1 unspecified atom stereocenters. The van der Waals surface area contributed by atoms with Crippen molar-refractivity contribution in [2.45, 2.75) is 33.8 Å². The molecule has 0 radical (unpaired) electrons. The first-order valence-electron chi connectivity index (χ1n) is 8.77. The Morgan fingerprint density at radius 1 is 1.11 bits per heavy atom. The topological polar surface area (TPSA) is 90.9 Å². The molecule has 28 heavy (non-hydrogen) atoms. The molecule has 2 aromatic rings. The number of hydrogen-bond donors (Lipinski definition) is 1. The maximum Gasteiger partial charge on any atom is 0.348 e. The molecule has 2 rings (SSSR count). The van der Waals surface area contributed by atoms with Crippen molar-refractivity contribution in [3.63, 3.8) is 0 Å². The summed E-state index contributed by atoms with van der Waals surface area (Å²) < 4.78 is 15.5. The molecule has 8 heteroatoms. The Labute approximate surface area is 167 Å². The van der Waals surface area contributed by atoms with Crippen LogP contribution in [0.15, 0.2) is 30.3 Å². The fourth-order valence-corrected chi connectivity index (χ4v) is 3.22. The normalized spacial score (nSPS) is 11.4. The summed E-state index contributed by atoms with van der Waals surface area (Å²) in [6, 6.07) is 8.92. The van der Waals surface area contributed by atoms with Crippen molar-refractivity contribution in [3.05, 3.63) is 46.3 Å². The molecule has 1 aromatic carbocycles. The van der Waals surface area contributed by atoms with Gasteiger partial charge < -0.3 is 19.5 Å². The van der Waals surface area contributed by atoms with Crippen LogP contribution in [0.1, 0.15) is 34.6 Å². The van der Waals surface area contributed by atoms with Crippen molar-refractivity contribution in [1.29, 1.82) is 0 Å². The maximum absolute atomic E-state index is 12.0. The molecule has 7 nitrogen and oxygen atoms in total. The van der Waals surface area contributed by atoms with Crippen molar-refractivity contribution in [3.8, 4) is 5.75 Å². The number of carbonyl (C=O) groups is 3. The van der Waals surface area contributed by atoms with Gasteiger partial charge >= 0.3 is 11.9 Å². The zero-order chi connectivity index (χ0) is 20.7. The molecule has 1 heterocycles. The molecule has 150 valence electrons. The van der Waals surface area contributed by atoms with E-state index in [4.69, 9.17) is 14.2 Å². The van der Waals surface area contributed by atoms with Crippen LogP contribution < -0.4 is 10.1 Å². The molecule has 0 fully saturated rings. The third-order valence-corrected chi connectivity index (χ3v) is 4.79. The van der Waals surface area contributed by atoms with Crippen LogP contribution >= 0.6 is 11.3 Å². The molecule has 0 aliphatic carbocycles. The lowest BCUT2D eigenvalue weighted by Gasteiger charge is -2.14. The lowest BCUT2D eigenvalue weighted by Crippen LogP contribution is -2.29. The number of carbonyl (C=O) groups excluding carboxylic acids is 3. The van der Waals surface area contributed by atoms with E-state index < -0.39 is 30.6 Å².